The van der Waals surface area contributed by atoms with E-state index in [4.69, 9.17) is 15.5 Å². The van der Waals surface area contributed by atoms with Gasteiger partial charge in [-0.25, -0.2) is 4.98 Å². The molecule has 0 fully saturated rings. The molecule has 0 amide bonds. The minimum Gasteiger partial charge on any atom is -0.338 e. The monoisotopic (exact) mass is 431 g/mol. The van der Waals surface area contributed by atoms with Crippen molar-refractivity contribution in [2.45, 2.75) is 13.8 Å². The highest BCUT2D eigenvalue weighted by Gasteiger charge is 2.13. The van der Waals surface area contributed by atoms with Crippen molar-refractivity contribution in [2.75, 3.05) is 10.6 Å². The molecular weight excluding hydrogens is 410 g/mol. The van der Waals surface area contributed by atoms with Gasteiger partial charge < -0.3 is 15.2 Å². The smallest absolute Gasteiger partial charge is 0.229 e. The Kier molecular flexibility index (Phi) is 6.15. The largest absolute Gasteiger partial charge is 0.338 e. The van der Waals surface area contributed by atoms with Crippen molar-refractivity contribution in [3.05, 3.63) is 95.5 Å². The van der Waals surface area contributed by atoms with Gasteiger partial charge in [0.25, 0.3) is 0 Å². The van der Waals surface area contributed by atoms with E-state index in [2.05, 4.69) is 21.7 Å². The van der Waals surface area contributed by atoms with Gasteiger partial charge in [-0.05, 0) is 85.1 Å². The number of aryl methyl sites for hydroxylation is 2. The van der Waals surface area contributed by atoms with Crippen LogP contribution < -0.4 is 10.6 Å². The molecule has 0 bridgehead atoms. The molecule has 0 radical (unpaired) electrons. The molecule has 4 rings (SSSR count). The molecule has 0 aliphatic carbocycles. The van der Waals surface area contributed by atoms with Crippen LogP contribution in [0.25, 0.3) is 11.8 Å². The summed E-state index contributed by atoms with van der Waals surface area (Å²) < 4.78 is 1.95. The lowest BCUT2D eigenvalue weighted by Crippen LogP contribution is -2.07. The lowest BCUT2D eigenvalue weighted by Gasteiger charge is -2.17. The summed E-state index contributed by atoms with van der Waals surface area (Å²) in [5, 5.41) is 24.5. The summed E-state index contributed by atoms with van der Waals surface area (Å²) in [6, 6.07) is 19.2. The predicted molar refractivity (Wildman–Crippen MR) is 130 cm³/mol. The standard InChI is InChI=1S/C26H21N7/c1-18-14-21(6-5-11-27)15-19(2)24(18)31-25-23(33-12-3-4-13-33)17-29-26(32-25)30-22-9-7-20(16-28)8-10-22/h3-10,12-15,17H,1-2H3,(H2,29,30,31,32). The Bertz CT molecular complexity index is 1360. The molecule has 0 spiro atoms. The molecule has 0 aliphatic heterocycles. The lowest BCUT2D eigenvalue weighted by molar-refractivity contribution is 1.03. The van der Waals surface area contributed by atoms with E-state index in [1.165, 1.54) is 6.08 Å². The Morgan fingerprint density at radius 2 is 1.67 bits per heavy atom. The fourth-order valence-electron chi connectivity index (χ4n) is 3.51. The highest BCUT2D eigenvalue weighted by molar-refractivity contribution is 5.73. The second-order valence-corrected chi connectivity index (χ2v) is 7.45. The summed E-state index contributed by atoms with van der Waals surface area (Å²) in [7, 11) is 0. The van der Waals surface area contributed by atoms with Crippen LogP contribution in [0.5, 0.6) is 0 Å². The Hall–Kier alpha value is -4.88. The average molecular weight is 432 g/mol. The Morgan fingerprint density at radius 1 is 0.970 bits per heavy atom. The Labute approximate surface area is 192 Å². The third-order valence-corrected chi connectivity index (χ3v) is 5.07. The summed E-state index contributed by atoms with van der Waals surface area (Å²) in [5.74, 6) is 1.07. The quantitative estimate of drug-likeness (QED) is 0.375. The second-order valence-electron chi connectivity index (χ2n) is 7.45. The topological polar surface area (TPSA) is 102 Å². The lowest BCUT2D eigenvalue weighted by atomic mass is 10.0. The molecule has 0 saturated carbocycles. The highest BCUT2D eigenvalue weighted by atomic mass is 15.2. The molecule has 0 atom stereocenters. The number of aromatic nitrogens is 3. The van der Waals surface area contributed by atoms with Gasteiger partial charge in [0.2, 0.25) is 5.95 Å². The molecule has 0 saturated heterocycles. The van der Waals surface area contributed by atoms with Gasteiger partial charge in [-0.2, -0.15) is 15.5 Å². The first-order chi connectivity index (χ1) is 16.1. The number of rotatable bonds is 6. The first kappa shape index (κ1) is 21.4. The van der Waals surface area contributed by atoms with Crippen LogP contribution in [0, 0.1) is 36.5 Å². The van der Waals surface area contributed by atoms with E-state index >= 15 is 0 Å². The van der Waals surface area contributed by atoms with Crippen LogP contribution in [0.3, 0.4) is 0 Å². The number of anilines is 4. The van der Waals surface area contributed by atoms with Gasteiger partial charge in [0, 0.05) is 29.8 Å². The SMILES string of the molecule is Cc1cc(C=CC#N)cc(C)c1Nc1nc(Nc2ccc(C#N)cc2)ncc1-n1cccc1. The number of allylic oxidation sites excluding steroid dienone is 1. The number of nitrogens with zero attached hydrogens (tertiary/aromatic N) is 5. The van der Waals surface area contributed by atoms with Crippen molar-refractivity contribution >= 4 is 29.2 Å². The Balaban J connectivity index is 1.71. The van der Waals surface area contributed by atoms with E-state index in [-0.39, 0.29) is 0 Å². The van der Waals surface area contributed by atoms with Crippen LogP contribution in [0.1, 0.15) is 22.3 Å². The number of hydrogen-bond acceptors (Lipinski definition) is 6. The van der Waals surface area contributed by atoms with Crippen molar-refractivity contribution in [3.8, 4) is 17.8 Å². The summed E-state index contributed by atoms with van der Waals surface area (Å²) in [6.45, 7) is 4.04. The van der Waals surface area contributed by atoms with Crippen molar-refractivity contribution in [3.63, 3.8) is 0 Å². The average Bonchev–Trinajstić information content (AvgIpc) is 3.35. The molecule has 33 heavy (non-hydrogen) atoms. The summed E-state index contributed by atoms with van der Waals surface area (Å²) in [4.78, 5) is 9.22. The van der Waals surface area contributed by atoms with E-state index in [9.17, 15) is 0 Å². The fourth-order valence-corrected chi connectivity index (χ4v) is 3.51. The molecule has 160 valence electrons. The van der Waals surface area contributed by atoms with Crippen LogP contribution >= 0.6 is 0 Å². The van der Waals surface area contributed by atoms with Crippen LogP contribution in [0.2, 0.25) is 0 Å². The molecule has 0 unspecified atom stereocenters. The van der Waals surface area contributed by atoms with Crippen molar-refractivity contribution in [1.82, 2.24) is 14.5 Å². The van der Waals surface area contributed by atoms with E-state index in [1.54, 1.807) is 24.4 Å². The second kappa shape index (κ2) is 9.51. The van der Waals surface area contributed by atoms with Gasteiger partial charge in [-0.15, -0.1) is 0 Å². The fraction of sp³-hybridized carbons (Fsp3) is 0.0769. The van der Waals surface area contributed by atoms with Crippen LogP contribution in [0.15, 0.2) is 73.2 Å². The maximum Gasteiger partial charge on any atom is 0.229 e. The number of hydrogen-bond donors (Lipinski definition) is 2. The Morgan fingerprint density at radius 3 is 2.30 bits per heavy atom. The molecule has 2 N–H and O–H groups in total. The van der Waals surface area contributed by atoms with Crippen LogP contribution in [-0.4, -0.2) is 14.5 Å². The molecule has 2 aromatic heterocycles. The van der Waals surface area contributed by atoms with Crippen molar-refractivity contribution < 1.29 is 0 Å². The molecule has 7 heteroatoms. The van der Waals surface area contributed by atoms with E-state index in [0.29, 0.717) is 17.3 Å². The minimum atomic E-state index is 0.432. The minimum absolute atomic E-state index is 0.432. The zero-order chi connectivity index (χ0) is 23.2. The van der Waals surface area contributed by atoms with Crippen molar-refractivity contribution in [1.29, 1.82) is 10.5 Å². The third kappa shape index (κ3) is 4.90. The van der Waals surface area contributed by atoms with Crippen molar-refractivity contribution in [2.24, 2.45) is 0 Å². The van der Waals surface area contributed by atoms with E-state index in [1.807, 2.05) is 73.3 Å². The number of nitriles is 2. The predicted octanol–water partition coefficient (Wildman–Crippen LogP) is 5.78. The van der Waals surface area contributed by atoms with Crippen LogP contribution in [0.4, 0.5) is 23.1 Å². The third-order valence-electron chi connectivity index (χ3n) is 5.07. The first-order valence-corrected chi connectivity index (χ1v) is 10.3. The van der Waals surface area contributed by atoms with Gasteiger partial charge in [0.15, 0.2) is 5.82 Å². The normalized spacial score (nSPS) is 10.5. The van der Waals surface area contributed by atoms with Crippen LogP contribution in [-0.2, 0) is 0 Å². The zero-order valence-electron chi connectivity index (χ0n) is 18.2. The summed E-state index contributed by atoms with van der Waals surface area (Å²) in [5.41, 5.74) is 6.16. The molecule has 4 aromatic rings. The van der Waals surface area contributed by atoms with Gasteiger partial charge in [0.05, 0.1) is 23.9 Å². The first-order valence-electron chi connectivity index (χ1n) is 10.3. The number of nitrogens with one attached hydrogen (secondary N) is 2. The maximum absolute atomic E-state index is 9.00. The molecular formula is C26H21N7. The summed E-state index contributed by atoms with van der Waals surface area (Å²) >= 11 is 0. The van der Waals surface area contributed by atoms with E-state index < -0.39 is 0 Å². The highest BCUT2D eigenvalue weighted by Crippen LogP contribution is 2.29. The van der Waals surface area contributed by atoms with Gasteiger partial charge in [-0.1, -0.05) is 0 Å². The van der Waals surface area contributed by atoms with Gasteiger partial charge >= 0.3 is 0 Å². The van der Waals surface area contributed by atoms with E-state index in [0.717, 1.165) is 33.8 Å². The molecule has 2 aromatic carbocycles. The van der Waals surface area contributed by atoms with Gasteiger partial charge in [-0.3, -0.25) is 0 Å². The molecule has 2 heterocycles. The van der Waals surface area contributed by atoms with Gasteiger partial charge in [0.1, 0.15) is 5.69 Å². The summed E-state index contributed by atoms with van der Waals surface area (Å²) in [6.07, 6.45) is 8.90. The number of benzene rings is 2. The maximum atomic E-state index is 9.00. The zero-order valence-corrected chi connectivity index (χ0v) is 18.2. The molecule has 7 nitrogen and oxygen atoms in total. The molecule has 0 aliphatic rings.